The number of aromatic nitrogens is 3. The number of nitrogens with one attached hydrogen (secondary N) is 1. The molecule has 2 rings (SSSR count). The highest BCUT2D eigenvalue weighted by Crippen LogP contribution is 2.42. The van der Waals surface area contributed by atoms with E-state index in [-0.39, 0.29) is 5.91 Å². The van der Waals surface area contributed by atoms with Crippen molar-refractivity contribution in [1.82, 2.24) is 20.1 Å². The normalized spacial score (nSPS) is 14.5. The summed E-state index contributed by atoms with van der Waals surface area (Å²) in [6, 6.07) is 8.67. The second-order valence-corrected chi connectivity index (χ2v) is 6.31. The van der Waals surface area contributed by atoms with Crippen LogP contribution in [0.15, 0.2) is 43.0 Å². The van der Waals surface area contributed by atoms with Gasteiger partial charge >= 0.3 is 0 Å². The third-order valence-electron chi connectivity index (χ3n) is 2.85. The number of carbonyl (C=O) groups is 1. The van der Waals surface area contributed by atoms with E-state index in [9.17, 15) is 4.79 Å². The number of nitrogens with zero attached hydrogens (tertiary/aromatic N) is 3. The van der Waals surface area contributed by atoms with Gasteiger partial charge in [0.2, 0.25) is 5.91 Å². The first-order chi connectivity index (χ1) is 9.93. The molecule has 0 bridgehead atoms. The van der Waals surface area contributed by atoms with Gasteiger partial charge in [0.1, 0.15) is 24.2 Å². The SMILES string of the molecule is CC(=O)NC(Cl)C(Cl)(Cl)C(c1ccccc1)n1cncn1. The van der Waals surface area contributed by atoms with Crippen LogP contribution in [0, 0.1) is 0 Å². The molecule has 1 amide bonds. The molecule has 0 saturated heterocycles. The maximum absolute atomic E-state index is 11.2. The van der Waals surface area contributed by atoms with Crippen molar-refractivity contribution >= 4 is 40.7 Å². The highest BCUT2D eigenvalue weighted by Gasteiger charge is 2.45. The summed E-state index contributed by atoms with van der Waals surface area (Å²) in [5.41, 5.74) is -0.211. The zero-order valence-electron chi connectivity index (χ0n) is 11.1. The molecule has 1 heterocycles. The van der Waals surface area contributed by atoms with Gasteiger partial charge in [-0.2, -0.15) is 5.10 Å². The average Bonchev–Trinajstić information content (AvgIpc) is 2.92. The monoisotopic (exact) mass is 346 g/mol. The zero-order chi connectivity index (χ0) is 15.5. The summed E-state index contributed by atoms with van der Waals surface area (Å²) < 4.78 is -0.0190. The molecular formula is C13H13Cl3N4O. The summed E-state index contributed by atoms with van der Waals surface area (Å²) in [6.45, 7) is 1.34. The Balaban J connectivity index is 2.42. The minimum absolute atomic E-state index is 0.328. The van der Waals surface area contributed by atoms with Crippen LogP contribution < -0.4 is 5.32 Å². The molecule has 0 saturated carbocycles. The smallest absolute Gasteiger partial charge is 0.218 e. The third kappa shape index (κ3) is 3.67. The minimum atomic E-state index is -1.53. The predicted molar refractivity (Wildman–Crippen MR) is 82.5 cm³/mol. The van der Waals surface area contributed by atoms with Crippen LogP contribution in [0.2, 0.25) is 0 Å². The van der Waals surface area contributed by atoms with Gasteiger partial charge in [-0.3, -0.25) is 4.79 Å². The lowest BCUT2D eigenvalue weighted by atomic mass is 10.0. The van der Waals surface area contributed by atoms with Crippen LogP contribution in [-0.4, -0.2) is 30.5 Å². The Hall–Kier alpha value is -1.30. The quantitative estimate of drug-likeness (QED) is 0.668. The van der Waals surface area contributed by atoms with Crippen molar-refractivity contribution in [3.05, 3.63) is 48.5 Å². The number of carbonyl (C=O) groups excluding carboxylic acids is 1. The van der Waals surface area contributed by atoms with Crippen LogP contribution >= 0.6 is 34.8 Å². The summed E-state index contributed by atoms with van der Waals surface area (Å²) >= 11 is 19.1. The van der Waals surface area contributed by atoms with Crippen LogP contribution in [0.25, 0.3) is 0 Å². The topological polar surface area (TPSA) is 59.8 Å². The van der Waals surface area contributed by atoms with Crippen molar-refractivity contribution in [2.45, 2.75) is 22.8 Å². The van der Waals surface area contributed by atoms with Gasteiger partial charge in [-0.25, -0.2) is 9.67 Å². The molecule has 1 aromatic heterocycles. The molecule has 1 N–H and O–H groups in total. The van der Waals surface area contributed by atoms with E-state index in [1.54, 1.807) is 0 Å². The number of benzene rings is 1. The third-order valence-corrected chi connectivity index (χ3v) is 4.38. The van der Waals surface area contributed by atoms with Crippen LogP contribution in [0.5, 0.6) is 0 Å². The Bertz CT molecular complexity index is 589. The lowest BCUT2D eigenvalue weighted by Crippen LogP contribution is -2.47. The van der Waals surface area contributed by atoms with Gasteiger partial charge in [0.15, 0.2) is 4.33 Å². The average molecular weight is 348 g/mol. The van der Waals surface area contributed by atoms with Crippen molar-refractivity contribution in [2.24, 2.45) is 0 Å². The number of rotatable bonds is 5. The predicted octanol–water partition coefficient (Wildman–Crippen LogP) is 2.74. The van der Waals surface area contributed by atoms with Gasteiger partial charge < -0.3 is 5.32 Å². The summed E-state index contributed by atoms with van der Waals surface area (Å²) in [7, 11) is 0. The molecule has 2 aromatic rings. The lowest BCUT2D eigenvalue weighted by Gasteiger charge is -2.33. The molecular weight excluding hydrogens is 335 g/mol. The van der Waals surface area contributed by atoms with Gasteiger partial charge in [0.25, 0.3) is 0 Å². The van der Waals surface area contributed by atoms with Crippen LogP contribution in [0.4, 0.5) is 0 Å². The first kappa shape index (κ1) is 16.1. The van der Waals surface area contributed by atoms with E-state index in [1.807, 2.05) is 30.3 Å². The molecule has 0 aliphatic heterocycles. The number of halogens is 3. The summed E-state index contributed by atoms with van der Waals surface area (Å²) in [6.07, 6.45) is 2.87. The van der Waals surface area contributed by atoms with Gasteiger partial charge in [0.05, 0.1) is 0 Å². The molecule has 0 aliphatic carbocycles. The summed E-state index contributed by atoms with van der Waals surface area (Å²) in [4.78, 5) is 15.1. The standard InChI is InChI=1S/C13H13Cl3N4O/c1-9(21)19-12(14)13(15,16)11(20-8-17-7-18-20)10-5-3-2-4-6-10/h2-8,11-12H,1H3,(H,19,21). The number of hydrogen-bond donors (Lipinski definition) is 1. The van der Waals surface area contributed by atoms with Gasteiger partial charge in [-0.05, 0) is 5.56 Å². The van der Waals surface area contributed by atoms with Crippen LogP contribution in [-0.2, 0) is 4.79 Å². The van der Waals surface area contributed by atoms with Gasteiger partial charge in [0, 0.05) is 6.92 Å². The molecule has 112 valence electrons. The largest absolute Gasteiger partial charge is 0.337 e. The number of amides is 1. The van der Waals surface area contributed by atoms with Gasteiger partial charge in [-0.15, -0.1) is 0 Å². The Labute approximate surface area is 137 Å². The Morgan fingerprint density at radius 1 is 1.33 bits per heavy atom. The van der Waals surface area contributed by atoms with Crippen molar-refractivity contribution in [3.8, 4) is 0 Å². The fourth-order valence-electron chi connectivity index (χ4n) is 1.95. The molecule has 0 fully saturated rings. The second kappa shape index (κ2) is 6.64. The molecule has 0 spiro atoms. The fourth-order valence-corrected chi connectivity index (χ4v) is 2.78. The molecule has 5 nitrogen and oxygen atoms in total. The van der Waals surface area contributed by atoms with Gasteiger partial charge in [-0.1, -0.05) is 65.1 Å². The van der Waals surface area contributed by atoms with Crippen LogP contribution in [0.1, 0.15) is 18.5 Å². The summed E-state index contributed by atoms with van der Waals surface area (Å²) in [5, 5.41) is 6.58. The molecule has 0 aliphatic rings. The highest BCUT2D eigenvalue weighted by molar-refractivity contribution is 6.53. The van der Waals surface area contributed by atoms with Crippen molar-refractivity contribution in [3.63, 3.8) is 0 Å². The molecule has 0 radical (unpaired) electrons. The Kier molecular flexibility index (Phi) is 5.08. The molecule has 2 unspecified atom stereocenters. The number of alkyl halides is 3. The molecule has 21 heavy (non-hydrogen) atoms. The highest BCUT2D eigenvalue weighted by atomic mass is 35.5. The fraction of sp³-hybridized carbons (Fsp3) is 0.308. The molecule has 1 aromatic carbocycles. The van der Waals surface area contributed by atoms with Crippen molar-refractivity contribution < 1.29 is 4.79 Å². The van der Waals surface area contributed by atoms with E-state index in [2.05, 4.69) is 15.4 Å². The maximum Gasteiger partial charge on any atom is 0.218 e. The van der Waals surface area contributed by atoms with E-state index in [0.29, 0.717) is 0 Å². The molecule has 8 heteroatoms. The number of hydrogen-bond acceptors (Lipinski definition) is 3. The van der Waals surface area contributed by atoms with E-state index >= 15 is 0 Å². The van der Waals surface area contributed by atoms with E-state index < -0.39 is 15.9 Å². The van der Waals surface area contributed by atoms with E-state index in [1.165, 1.54) is 24.3 Å². The lowest BCUT2D eigenvalue weighted by molar-refractivity contribution is -0.119. The first-order valence-electron chi connectivity index (χ1n) is 6.11. The Morgan fingerprint density at radius 3 is 2.52 bits per heavy atom. The Morgan fingerprint density at radius 2 is 2.00 bits per heavy atom. The first-order valence-corrected chi connectivity index (χ1v) is 7.30. The maximum atomic E-state index is 11.2. The van der Waals surface area contributed by atoms with Crippen molar-refractivity contribution in [2.75, 3.05) is 0 Å². The van der Waals surface area contributed by atoms with E-state index in [4.69, 9.17) is 34.8 Å². The zero-order valence-corrected chi connectivity index (χ0v) is 13.3. The molecule has 2 atom stereocenters. The second-order valence-electron chi connectivity index (χ2n) is 4.43. The minimum Gasteiger partial charge on any atom is -0.337 e. The summed E-state index contributed by atoms with van der Waals surface area (Å²) in [5.74, 6) is -0.328. The van der Waals surface area contributed by atoms with Crippen molar-refractivity contribution in [1.29, 1.82) is 0 Å². The van der Waals surface area contributed by atoms with E-state index in [0.717, 1.165) is 5.56 Å². The van der Waals surface area contributed by atoms with Crippen LogP contribution in [0.3, 0.4) is 0 Å².